The minimum atomic E-state index is -0.913. The Hall–Kier alpha value is -2.77. The summed E-state index contributed by atoms with van der Waals surface area (Å²) in [5, 5.41) is 13.5. The number of carbonyl (C=O) groups excluding carboxylic acids is 2. The van der Waals surface area contributed by atoms with Gasteiger partial charge in [-0.15, -0.1) is 10.2 Å². The topological polar surface area (TPSA) is 116 Å². The van der Waals surface area contributed by atoms with Crippen molar-refractivity contribution >= 4 is 11.9 Å². The van der Waals surface area contributed by atoms with Crippen molar-refractivity contribution in [1.82, 2.24) is 25.5 Å². The van der Waals surface area contributed by atoms with Crippen LogP contribution >= 0.6 is 0 Å². The molecule has 0 saturated carbocycles. The van der Waals surface area contributed by atoms with Gasteiger partial charge in [-0.2, -0.15) is 4.80 Å². The lowest BCUT2D eigenvalue weighted by molar-refractivity contribution is -0.120. The van der Waals surface area contributed by atoms with Gasteiger partial charge in [0.15, 0.2) is 0 Å². The van der Waals surface area contributed by atoms with E-state index in [2.05, 4.69) is 15.4 Å². The molecule has 0 aliphatic heterocycles. The second-order valence-corrected chi connectivity index (χ2v) is 3.92. The number of rotatable bonds is 3. The summed E-state index contributed by atoms with van der Waals surface area (Å²) < 4.78 is 0. The summed E-state index contributed by atoms with van der Waals surface area (Å²) in [6.45, 7) is 1.75. The number of nitrogens with zero attached hydrogens (tertiary/aromatic N) is 4. The number of amides is 3. The van der Waals surface area contributed by atoms with Crippen LogP contribution in [-0.4, -0.2) is 32.1 Å². The summed E-state index contributed by atoms with van der Waals surface area (Å²) in [5.74, 6) is -0.188. The molecule has 0 bridgehead atoms. The molecule has 0 aliphatic carbocycles. The summed E-state index contributed by atoms with van der Waals surface area (Å²) in [4.78, 5) is 22.8. The summed E-state index contributed by atoms with van der Waals surface area (Å²) in [7, 11) is 0. The molecule has 8 heteroatoms. The molecule has 8 nitrogen and oxygen atoms in total. The minimum absolute atomic E-state index is 0.220. The molecular formula is C11H12N6O2. The van der Waals surface area contributed by atoms with Crippen LogP contribution in [0.15, 0.2) is 24.3 Å². The lowest BCUT2D eigenvalue weighted by atomic mass is 10.1. The lowest BCUT2D eigenvalue weighted by Crippen LogP contribution is -2.37. The van der Waals surface area contributed by atoms with Gasteiger partial charge in [-0.1, -0.05) is 29.8 Å². The number of tetrazole rings is 1. The van der Waals surface area contributed by atoms with Crippen LogP contribution in [0, 0.1) is 6.92 Å². The van der Waals surface area contributed by atoms with E-state index in [1.807, 2.05) is 36.5 Å². The Bertz CT molecular complexity index is 604. The Labute approximate surface area is 108 Å². The van der Waals surface area contributed by atoms with Crippen LogP contribution in [-0.2, 0) is 11.3 Å². The average molecular weight is 260 g/mol. The number of urea groups is 1. The van der Waals surface area contributed by atoms with Crippen LogP contribution in [0.4, 0.5) is 4.79 Å². The molecule has 0 saturated heterocycles. The van der Waals surface area contributed by atoms with Gasteiger partial charge < -0.3 is 5.73 Å². The predicted octanol–water partition coefficient (Wildman–Crippen LogP) is -0.157. The number of imide groups is 1. The Balaban J connectivity index is 2.09. The molecule has 1 aromatic carbocycles. The average Bonchev–Trinajstić information content (AvgIpc) is 2.77. The van der Waals surface area contributed by atoms with Crippen molar-refractivity contribution in [3.05, 3.63) is 29.8 Å². The first kappa shape index (κ1) is 12.7. The molecule has 3 N–H and O–H groups in total. The van der Waals surface area contributed by atoms with Gasteiger partial charge in [-0.3, -0.25) is 10.1 Å². The Morgan fingerprint density at radius 1 is 1.32 bits per heavy atom. The van der Waals surface area contributed by atoms with E-state index in [-0.39, 0.29) is 6.54 Å². The Morgan fingerprint density at radius 3 is 2.63 bits per heavy atom. The molecule has 1 heterocycles. The molecule has 2 rings (SSSR count). The molecule has 0 radical (unpaired) electrons. The first-order valence-electron chi connectivity index (χ1n) is 5.49. The maximum absolute atomic E-state index is 11.3. The van der Waals surface area contributed by atoms with Crippen molar-refractivity contribution in [1.29, 1.82) is 0 Å². The molecule has 1 aromatic heterocycles. The summed E-state index contributed by atoms with van der Waals surface area (Å²) >= 11 is 0. The van der Waals surface area contributed by atoms with Gasteiger partial charge in [0.1, 0.15) is 6.54 Å². The van der Waals surface area contributed by atoms with Crippen molar-refractivity contribution in [2.24, 2.45) is 5.73 Å². The molecule has 0 spiro atoms. The fraction of sp³-hybridized carbons (Fsp3) is 0.182. The normalized spacial score (nSPS) is 10.2. The highest BCUT2D eigenvalue weighted by molar-refractivity contribution is 5.93. The second-order valence-electron chi connectivity index (χ2n) is 3.92. The molecule has 0 atom stereocenters. The summed E-state index contributed by atoms with van der Waals surface area (Å²) in [6.07, 6.45) is 0. The second kappa shape index (κ2) is 5.25. The summed E-state index contributed by atoms with van der Waals surface area (Å²) in [6, 6.07) is 6.66. The smallest absolute Gasteiger partial charge is 0.318 e. The van der Waals surface area contributed by atoms with E-state index in [1.54, 1.807) is 0 Å². The van der Waals surface area contributed by atoms with E-state index in [9.17, 15) is 9.59 Å². The van der Waals surface area contributed by atoms with E-state index in [1.165, 1.54) is 0 Å². The van der Waals surface area contributed by atoms with Gasteiger partial charge >= 0.3 is 6.03 Å². The van der Waals surface area contributed by atoms with Crippen LogP contribution in [0.2, 0.25) is 0 Å². The van der Waals surface area contributed by atoms with Crippen molar-refractivity contribution in [2.75, 3.05) is 0 Å². The highest BCUT2D eigenvalue weighted by Gasteiger charge is 2.10. The van der Waals surface area contributed by atoms with E-state index in [0.717, 1.165) is 15.9 Å². The number of benzene rings is 1. The maximum atomic E-state index is 11.3. The minimum Gasteiger partial charge on any atom is -0.351 e. The van der Waals surface area contributed by atoms with Gasteiger partial charge in [0.2, 0.25) is 5.82 Å². The fourth-order valence-electron chi connectivity index (χ4n) is 1.43. The third-order valence-corrected chi connectivity index (χ3v) is 2.31. The maximum Gasteiger partial charge on any atom is 0.318 e. The molecular weight excluding hydrogens is 248 g/mol. The third kappa shape index (κ3) is 3.35. The molecule has 3 amide bonds. The standard InChI is InChI=1S/C11H12N6O2/c1-7-2-4-8(5-3-7)10-14-16-17(15-10)6-9(18)13-11(12)19/h2-5H,6H2,1H3,(H3,12,13,18,19). The highest BCUT2D eigenvalue weighted by atomic mass is 16.2. The van der Waals surface area contributed by atoms with E-state index >= 15 is 0 Å². The van der Waals surface area contributed by atoms with Crippen LogP contribution in [0.25, 0.3) is 11.4 Å². The molecule has 19 heavy (non-hydrogen) atoms. The number of hydrogen-bond acceptors (Lipinski definition) is 5. The SMILES string of the molecule is Cc1ccc(-c2nnn(CC(=O)NC(N)=O)n2)cc1. The molecule has 0 unspecified atom stereocenters. The summed E-state index contributed by atoms with van der Waals surface area (Å²) in [5.41, 5.74) is 6.74. The zero-order chi connectivity index (χ0) is 13.8. The fourth-order valence-corrected chi connectivity index (χ4v) is 1.43. The van der Waals surface area contributed by atoms with Gasteiger partial charge in [0.05, 0.1) is 0 Å². The number of nitrogens with two attached hydrogens (primary N) is 1. The number of carbonyl (C=O) groups is 2. The Kier molecular flexibility index (Phi) is 3.51. The number of aryl methyl sites for hydroxylation is 1. The van der Waals surface area contributed by atoms with Gasteiger partial charge in [-0.25, -0.2) is 4.79 Å². The van der Waals surface area contributed by atoms with Crippen molar-refractivity contribution < 1.29 is 9.59 Å². The number of primary amides is 1. The van der Waals surface area contributed by atoms with Crippen molar-refractivity contribution in [3.8, 4) is 11.4 Å². The zero-order valence-corrected chi connectivity index (χ0v) is 10.2. The first-order valence-corrected chi connectivity index (χ1v) is 5.49. The monoisotopic (exact) mass is 260 g/mol. The van der Waals surface area contributed by atoms with Crippen molar-refractivity contribution in [3.63, 3.8) is 0 Å². The van der Waals surface area contributed by atoms with E-state index in [0.29, 0.717) is 5.82 Å². The van der Waals surface area contributed by atoms with Gasteiger partial charge in [0.25, 0.3) is 5.91 Å². The third-order valence-electron chi connectivity index (χ3n) is 2.31. The van der Waals surface area contributed by atoms with Gasteiger partial charge in [-0.05, 0) is 12.1 Å². The number of hydrogen-bond donors (Lipinski definition) is 2. The Morgan fingerprint density at radius 2 is 2.00 bits per heavy atom. The number of nitrogens with one attached hydrogen (secondary N) is 1. The predicted molar refractivity (Wildman–Crippen MR) is 65.7 cm³/mol. The highest BCUT2D eigenvalue weighted by Crippen LogP contribution is 2.13. The number of aromatic nitrogens is 4. The van der Waals surface area contributed by atoms with Crippen LogP contribution in [0.1, 0.15) is 5.56 Å². The largest absolute Gasteiger partial charge is 0.351 e. The van der Waals surface area contributed by atoms with Crippen LogP contribution in [0.5, 0.6) is 0 Å². The van der Waals surface area contributed by atoms with Gasteiger partial charge in [0, 0.05) is 5.56 Å². The lowest BCUT2D eigenvalue weighted by Gasteiger charge is -1.98. The molecule has 98 valence electrons. The van der Waals surface area contributed by atoms with Crippen LogP contribution < -0.4 is 11.1 Å². The van der Waals surface area contributed by atoms with E-state index < -0.39 is 11.9 Å². The molecule has 2 aromatic rings. The molecule has 0 aliphatic rings. The van der Waals surface area contributed by atoms with Crippen molar-refractivity contribution in [2.45, 2.75) is 13.5 Å². The first-order chi connectivity index (χ1) is 9.04. The van der Waals surface area contributed by atoms with Crippen LogP contribution in [0.3, 0.4) is 0 Å². The van der Waals surface area contributed by atoms with E-state index in [4.69, 9.17) is 5.73 Å². The quantitative estimate of drug-likeness (QED) is 0.795. The molecule has 0 fully saturated rings. The zero-order valence-electron chi connectivity index (χ0n) is 10.2.